The number of morpholine rings is 1. The molecule has 1 rings (SSSR count). The lowest BCUT2D eigenvalue weighted by Crippen LogP contribution is -2.52. The van der Waals surface area contributed by atoms with Gasteiger partial charge in [-0.05, 0) is 12.8 Å². The number of nitrogens with zero attached hydrogens (tertiary/aromatic N) is 2. The van der Waals surface area contributed by atoms with Gasteiger partial charge in [0.05, 0.1) is 25.5 Å². The molecule has 142 valence electrons. The van der Waals surface area contributed by atoms with E-state index in [2.05, 4.69) is 4.72 Å². The van der Waals surface area contributed by atoms with Crippen molar-refractivity contribution in [3.63, 3.8) is 0 Å². The van der Waals surface area contributed by atoms with E-state index in [0.717, 1.165) is 12.7 Å². The number of hydrogen-bond donors (Lipinski definition) is 1. The van der Waals surface area contributed by atoms with Gasteiger partial charge >= 0.3 is 6.09 Å². The lowest BCUT2D eigenvalue weighted by atomic mass is 10.2. The summed E-state index contributed by atoms with van der Waals surface area (Å²) in [5.74, 6) is 0. The highest BCUT2D eigenvalue weighted by molar-refractivity contribution is 7.88. The Balaban J connectivity index is 2.59. The number of carbonyl (C=O) groups is 1. The van der Waals surface area contributed by atoms with Crippen LogP contribution in [-0.4, -0.2) is 90.0 Å². The summed E-state index contributed by atoms with van der Waals surface area (Å²) in [6, 6.07) is -0.517. The maximum atomic E-state index is 12.4. The number of rotatable bonds is 10. The van der Waals surface area contributed by atoms with E-state index in [-0.39, 0.29) is 6.61 Å². The van der Waals surface area contributed by atoms with Crippen LogP contribution in [-0.2, 0) is 24.2 Å². The van der Waals surface area contributed by atoms with Crippen LogP contribution < -0.4 is 4.72 Å². The molecule has 0 aromatic heterocycles. The van der Waals surface area contributed by atoms with E-state index < -0.39 is 22.2 Å². The van der Waals surface area contributed by atoms with E-state index in [1.54, 1.807) is 5.01 Å². The maximum Gasteiger partial charge on any atom is 0.424 e. The summed E-state index contributed by atoms with van der Waals surface area (Å²) < 4.78 is 40.9. The van der Waals surface area contributed by atoms with Crippen molar-refractivity contribution >= 4 is 16.1 Å². The van der Waals surface area contributed by atoms with Gasteiger partial charge in [-0.3, -0.25) is 0 Å². The third kappa shape index (κ3) is 8.25. The topological polar surface area (TPSA) is 97.4 Å². The smallest absolute Gasteiger partial charge is 0.424 e. The van der Waals surface area contributed by atoms with Gasteiger partial charge in [-0.1, -0.05) is 6.92 Å². The number of sulfonamides is 1. The highest BCUT2D eigenvalue weighted by atomic mass is 32.2. The van der Waals surface area contributed by atoms with Crippen LogP contribution in [0.15, 0.2) is 0 Å². The summed E-state index contributed by atoms with van der Waals surface area (Å²) in [5, 5.41) is 3.47. The second-order valence-electron chi connectivity index (χ2n) is 5.63. The van der Waals surface area contributed by atoms with Crippen LogP contribution in [0.1, 0.15) is 19.8 Å². The van der Waals surface area contributed by atoms with Crippen LogP contribution in [0.4, 0.5) is 4.79 Å². The van der Waals surface area contributed by atoms with Crippen molar-refractivity contribution < 1.29 is 27.4 Å². The van der Waals surface area contributed by atoms with Gasteiger partial charge in [0.2, 0.25) is 10.0 Å². The van der Waals surface area contributed by atoms with Gasteiger partial charge in [-0.15, -0.1) is 0 Å². The van der Waals surface area contributed by atoms with E-state index in [1.165, 1.54) is 7.11 Å². The van der Waals surface area contributed by atoms with Crippen LogP contribution in [0, 0.1) is 0 Å². The van der Waals surface area contributed by atoms with E-state index in [4.69, 9.17) is 14.2 Å². The third-order valence-corrected chi connectivity index (χ3v) is 4.20. The quantitative estimate of drug-likeness (QED) is 0.582. The first kappa shape index (κ1) is 21.1. The molecule has 0 aliphatic carbocycles. The van der Waals surface area contributed by atoms with Crippen LogP contribution >= 0.6 is 0 Å². The molecular weight excluding hydrogens is 338 g/mol. The fraction of sp³-hybridized carbons (Fsp3) is 0.929. The van der Waals surface area contributed by atoms with Gasteiger partial charge in [0.15, 0.2) is 0 Å². The largest absolute Gasteiger partial charge is 0.447 e. The Kier molecular flexibility index (Phi) is 9.52. The van der Waals surface area contributed by atoms with Crippen LogP contribution in [0.5, 0.6) is 0 Å². The zero-order chi connectivity index (χ0) is 18.0. The minimum atomic E-state index is -3.39. The van der Waals surface area contributed by atoms with Crippen molar-refractivity contribution in [1.29, 1.82) is 0 Å². The summed E-state index contributed by atoms with van der Waals surface area (Å²) in [4.78, 5) is 12.4. The molecule has 0 bridgehead atoms. The molecule has 0 radical (unpaired) electrons. The second-order valence-corrected chi connectivity index (χ2v) is 7.41. The van der Waals surface area contributed by atoms with Crippen LogP contribution in [0.25, 0.3) is 0 Å². The van der Waals surface area contributed by atoms with Crippen LogP contribution in [0.3, 0.4) is 0 Å². The Bertz CT molecular complexity index is 467. The summed E-state index contributed by atoms with van der Waals surface area (Å²) in [5.41, 5.74) is 0. The molecule has 10 heteroatoms. The first-order valence-corrected chi connectivity index (χ1v) is 9.99. The molecule has 1 N–H and O–H groups in total. The van der Waals surface area contributed by atoms with Crippen molar-refractivity contribution in [3.8, 4) is 0 Å². The lowest BCUT2D eigenvalue weighted by Gasteiger charge is -2.36. The van der Waals surface area contributed by atoms with Crippen molar-refractivity contribution in [2.24, 2.45) is 0 Å². The van der Waals surface area contributed by atoms with E-state index in [9.17, 15) is 13.2 Å². The molecule has 1 aliphatic rings. The van der Waals surface area contributed by atoms with Gasteiger partial charge in [-0.25, -0.2) is 28.0 Å². The molecular formula is C14H29N3O6S. The van der Waals surface area contributed by atoms with Gasteiger partial charge in [-0.2, -0.15) is 0 Å². The molecule has 0 spiro atoms. The Morgan fingerprint density at radius 2 is 2.04 bits per heavy atom. The lowest BCUT2D eigenvalue weighted by molar-refractivity contribution is -0.0802. The first-order valence-electron chi connectivity index (χ1n) is 8.10. The normalized spacial score (nSPS) is 17.5. The Hall–Kier alpha value is -0.940. The Labute approximate surface area is 144 Å². The number of amides is 1. The second kappa shape index (κ2) is 10.8. The number of carbonyl (C=O) groups excluding carboxylic acids is 1. The van der Waals surface area contributed by atoms with Gasteiger partial charge in [0.1, 0.15) is 6.61 Å². The van der Waals surface area contributed by atoms with E-state index >= 15 is 0 Å². The zero-order valence-electron chi connectivity index (χ0n) is 14.7. The molecule has 1 aliphatic heterocycles. The maximum absolute atomic E-state index is 12.4. The number of hydrogen-bond acceptors (Lipinski definition) is 7. The standard InChI is InChI=1S/C14H29N3O6S/c1-4-6-17(16-7-10-22-11-8-16)14(18)23-12-13(5-9-21-2)15-24(3,19)20/h13,15H,4-12H2,1-3H3. The predicted molar refractivity (Wildman–Crippen MR) is 89.0 cm³/mol. The number of ether oxygens (including phenoxy) is 3. The van der Waals surface area contributed by atoms with E-state index in [1.807, 2.05) is 11.9 Å². The zero-order valence-corrected chi connectivity index (χ0v) is 15.5. The van der Waals surface area contributed by atoms with Crippen molar-refractivity contribution in [1.82, 2.24) is 14.7 Å². The molecule has 1 heterocycles. The molecule has 1 saturated heterocycles. The van der Waals surface area contributed by atoms with Crippen molar-refractivity contribution in [2.45, 2.75) is 25.8 Å². The number of methoxy groups -OCH3 is 1. The van der Waals surface area contributed by atoms with Crippen molar-refractivity contribution in [2.75, 3.05) is 59.4 Å². The van der Waals surface area contributed by atoms with Crippen molar-refractivity contribution in [3.05, 3.63) is 0 Å². The van der Waals surface area contributed by atoms with Gasteiger partial charge < -0.3 is 14.2 Å². The molecule has 0 aromatic rings. The van der Waals surface area contributed by atoms with Gasteiger partial charge in [0.25, 0.3) is 0 Å². The third-order valence-electron chi connectivity index (χ3n) is 3.43. The average molecular weight is 367 g/mol. The molecule has 0 saturated carbocycles. The van der Waals surface area contributed by atoms with E-state index in [0.29, 0.717) is 45.9 Å². The molecule has 24 heavy (non-hydrogen) atoms. The van der Waals surface area contributed by atoms with Crippen LogP contribution in [0.2, 0.25) is 0 Å². The monoisotopic (exact) mass is 367 g/mol. The molecule has 1 unspecified atom stereocenters. The fourth-order valence-corrected chi connectivity index (χ4v) is 3.13. The highest BCUT2D eigenvalue weighted by Gasteiger charge is 2.25. The molecule has 1 fully saturated rings. The SMILES string of the molecule is CCCN(C(=O)OCC(CCOC)NS(C)(=O)=O)N1CCOCC1. The molecule has 9 nitrogen and oxygen atoms in total. The minimum Gasteiger partial charge on any atom is -0.447 e. The minimum absolute atomic E-state index is 0.0418. The average Bonchev–Trinajstić information content (AvgIpc) is 2.54. The summed E-state index contributed by atoms with van der Waals surface area (Å²) in [6.07, 6.45) is 1.81. The first-order chi connectivity index (χ1) is 11.4. The molecule has 1 atom stereocenters. The summed E-state index contributed by atoms with van der Waals surface area (Å²) in [6.45, 7) is 5.24. The fourth-order valence-electron chi connectivity index (χ4n) is 2.34. The molecule has 1 amide bonds. The predicted octanol–water partition coefficient (Wildman–Crippen LogP) is 0.0365. The Morgan fingerprint density at radius 3 is 2.58 bits per heavy atom. The number of hydrazine groups is 1. The molecule has 0 aromatic carbocycles. The number of nitrogens with one attached hydrogen (secondary N) is 1. The highest BCUT2D eigenvalue weighted by Crippen LogP contribution is 2.08. The Morgan fingerprint density at radius 1 is 1.38 bits per heavy atom. The summed E-state index contributed by atoms with van der Waals surface area (Å²) in [7, 11) is -1.86. The summed E-state index contributed by atoms with van der Waals surface area (Å²) >= 11 is 0. The van der Waals surface area contributed by atoms with Gasteiger partial charge in [0, 0.05) is 33.4 Å².